The number of carbonyl (C=O) groups excluding carboxylic acids is 1. The number of anilines is 2. The molecule has 8 nitrogen and oxygen atoms in total. The van der Waals surface area contributed by atoms with Gasteiger partial charge in [-0.3, -0.25) is 4.79 Å². The van der Waals surface area contributed by atoms with Crippen LogP contribution in [-0.4, -0.2) is 36.1 Å². The van der Waals surface area contributed by atoms with Crippen molar-refractivity contribution in [2.75, 3.05) is 30.4 Å². The first-order valence-corrected chi connectivity index (χ1v) is 9.15. The molecule has 1 amide bonds. The second-order valence-corrected chi connectivity index (χ2v) is 6.60. The van der Waals surface area contributed by atoms with E-state index in [4.69, 9.17) is 9.15 Å². The van der Waals surface area contributed by atoms with E-state index in [0.29, 0.717) is 28.4 Å². The Balaban J connectivity index is 1.55. The van der Waals surface area contributed by atoms with E-state index in [1.165, 1.54) is 19.6 Å². The molecule has 3 aromatic rings. The molecule has 0 aliphatic carbocycles. The highest BCUT2D eigenvalue weighted by Crippen LogP contribution is 2.24. The molecule has 1 aliphatic heterocycles. The van der Waals surface area contributed by atoms with Crippen LogP contribution in [0.2, 0.25) is 0 Å². The van der Waals surface area contributed by atoms with Crippen LogP contribution >= 0.6 is 0 Å². The van der Waals surface area contributed by atoms with E-state index in [-0.39, 0.29) is 5.56 Å². The van der Waals surface area contributed by atoms with Crippen molar-refractivity contribution in [3.05, 3.63) is 52.6 Å². The van der Waals surface area contributed by atoms with Crippen molar-refractivity contribution in [2.45, 2.75) is 19.3 Å². The maximum atomic E-state index is 12.6. The molecule has 0 radical (unpaired) electrons. The number of para-hydroxylation sites is 1. The van der Waals surface area contributed by atoms with Crippen molar-refractivity contribution in [2.24, 2.45) is 0 Å². The first-order chi connectivity index (χ1) is 13.7. The van der Waals surface area contributed by atoms with Crippen molar-refractivity contribution < 1.29 is 13.9 Å². The lowest BCUT2D eigenvalue weighted by molar-refractivity contribution is 0.102. The van der Waals surface area contributed by atoms with E-state index in [9.17, 15) is 9.59 Å². The van der Waals surface area contributed by atoms with E-state index in [0.717, 1.165) is 25.9 Å². The third-order valence-corrected chi connectivity index (χ3v) is 4.72. The molecular weight excluding hydrogens is 360 g/mol. The summed E-state index contributed by atoms with van der Waals surface area (Å²) in [6.45, 7) is 1.88. The Morgan fingerprint density at radius 1 is 1.18 bits per heavy atom. The Labute approximate surface area is 161 Å². The van der Waals surface area contributed by atoms with Crippen LogP contribution in [0.1, 0.15) is 29.6 Å². The fraction of sp³-hybridized carbons (Fsp3) is 0.300. The highest BCUT2D eigenvalue weighted by atomic mass is 16.5. The summed E-state index contributed by atoms with van der Waals surface area (Å²) in [6.07, 6.45) is 6.57. The number of hydrogen-bond donors (Lipinski definition) is 1. The van der Waals surface area contributed by atoms with E-state index >= 15 is 0 Å². The van der Waals surface area contributed by atoms with Crippen LogP contribution < -0.4 is 20.6 Å². The van der Waals surface area contributed by atoms with Crippen molar-refractivity contribution in [1.29, 1.82) is 0 Å². The van der Waals surface area contributed by atoms with E-state index < -0.39 is 11.5 Å². The summed E-state index contributed by atoms with van der Waals surface area (Å²) >= 11 is 0. The van der Waals surface area contributed by atoms with Gasteiger partial charge in [-0.05, 0) is 31.4 Å². The van der Waals surface area contributed by atoms with Gasteiger partial charge in [0.2, 0.25) is 5.95 Å². The summed E-state index contributed by atoms with van der Waals surface area (Å²) in [4.78, 5) is 35.6. The monoisotopic (exact) mass is 380 g/mol. The van der Waals surface area contributed by atoms with E-state index in [2.05, 4.69) is 20.2 Å². The maximum Gasteiger partial charge on any atom is 0.349 e. The molecule has 0 atom stereocenters. The van der Waals surface area contributed by atoms with E-state index in [1.54, 1.807) is 30.6 Å². The van der Waals surface area contributed by atoms with E-state index in [1.807, 2.05) is 0 Å². The number of nitrogens with one attached hydrogen (secondary N) is 1. The third-order valence-electron chi connectivity index (χ3n) is 4.72. The molecule has 2 aromatic heterocycles. The van der Waals surface area contributed by atoms with Gasteiger partial charge in [0.15, 0.2) is 11.3 Å². The first-order valence-electron chi connectivity index (χ1n) is 9.15. The van der Waals surface area contributed by atoms with Crippen LogP contribution in [0.3, 0.4) is 0 Å². The van der Waals surface area contributed by atoms with Gasteiger partial charge in [-0.25, -0.2) is 14.8 Å². The predicted molar refractivity (Wildman–Crippen MR) is 105 cm³/mol. The number of aromatic nitrogens is 2. The Hall–Kier alpha value is -3.42. The summed E-state index contributed by atoms with van der Waals surface area (Å²) in [6, 6.07) is 6.68. The van der Waals surface area contributed by atoms with Gasteiger partial charge in [0, 0.05) is 18.5 Å². The number of amides is 1. The topological polar surface area (TPSA) is 97.6 Å². The fourth-order valence-electron chi connectivity index (χ4n) is 3.28. The van der Waals surface area contributed by atoms with Crippen LogP contribution in [0.4, 0.5) is 11.6 Å². The molecule has 3 heterocycles. The number of nitrogens with zero attached hydrogens (tertiary/aromatic N) is 3. The lowest BCUT2D eigenvalue weighted by atomic mass is 10.1. The lowest BCUT2D eigenvalue weighted by Crippen LogP contribution is -2.31. The largest absolute Gasteiger partial charge is 0.493 e. The molecule has 4 rings (SSSR count). The van der Waals surface area contributed by atoms with Crippen molar-refractivity contribution >= 4 is 28.5 Å². The highest BCUT2D eigenvalue weighted by molar-refractivity contribution is 6.05. The van der Waals surface area contributed by atoms with Gasteiger partial charge in [-0.15, -0.1) is 0 Å². The minimum absolute atomic E-state index is 0.0964. The number of carbonyl (C=O) groups is 1. The molecule has 1 aliphatic rings. The van der Waals surface area contributed by atoms with Crippen molar-refractivity contribution in [3.63, 3.8) is 0 Å². The molecule has 8 heteroatoms. The quantitative estimate of drug-likeness (QED) is 0.695. The smallest absolute Gasteiger partial charge is 0.349 e. The van der Waals surface area contributed by atoms with Gasteiger partial charge < -0.3 is 19.4 Å². The summed E-state index contributed by atoms with van der Waals surface area (Å²) in [7, 11) is 1.49. The molecule has 1 fully saturated rings. The van der Waals surface area contributed by atoms with Gasteiger partial charge >= 0.3 is 5.63 Å². The van der Waals surface area contributed by atoms with Crippen LogP contribution in [0, 0.1) is 0 Å². The van der Waals surface area contributed by atoms with Gasteiger partial charge in [-0.2, -0.15) is 0 Å². The second kappa shape index (κ2) is 7.67. The number of fused-ring (bicyclic) bond motifs is 1. The number of hydrogen-bond acceptors (Lipinski definition) is 7. The molecule has 1 saturated heterocycles. The molecule has 0 bridgehead atoms. The first kappa shape index (κ1) is 18.0. The Bertz CT molecular complexity index is 1060. The highest BCUT2D eigenvalue weighted by Gasteiger charge is 2.17. The summed E-state index contributed by atoms with van der Waals surface area (Å²) < 4.78 is 10.5. The fourth-order valence-corrected chi connectivity index (χ4v) is 3.28. The number of ether oxygens (including phenoxy) is 1. The zero-order valence-electron chi connectivity index (χ0n) is 15.5. The van der Waals surface area contributed by atoms with Gasteiger partial charge in [0.1, 0.15) is 5.56 Å². The molecule has 1 N–H and O–H groups in total. The maximum absolute atomic E-state index is 12.6. The van der Waals surface area contributed by atoms with Gasteiger partial charge in [-0.1, -0.05) is 12.1 Å². The molecular formula is C20H20N4O4. The van der Waals surface area contributed by atoms with Crippen LogP contribution in [0.15, 0.2) is 45.9 Å². The lowest BCUT2D eigenvalue weighted by Gasteiger charge is -2.26. The molecule has 144 valence electrons. The molecule has 1 aromatic carbocycles. The standard InChI is InChI=1S/C20H20N4O4/c1-27-16-7-5-6-13-10-15(19(26)28-17(13)16)18(25)23-14-11-21-20(22-12-14)24-8-3-2-4-9-24/h5-7,10-12H,2-4,8-9H2,1H3,(H,23,25). The third kappa shape index (κ3) is 3.53. The normalized spacial score (nSPS) is 14.1. The minimum Gasteiger partial charge on any atom is -0.493 e. The minimum atomic E-state index is -0.736. The number of methoxy groups -OCH3 is 1. The molecule has 28 heavy (non-hydrogen) atoms. The van der Waals surface area contributed by atoms with Gasteiger partial charge in [0.25, 0.3) is 5.91 Å². The molecule has 0 spiro atoms. The number of rotatable bonds is 4. The summed E-state index contributed by atoms with van der Waals surface area (Å²) in [5.74, 6) is 0.506. The van der Waals surface area contributed by atoms with Crippen LogP contribution in [-0.2, 0) is 0 Å². The Morgan fingerprint density at radius 3 is 2.64 bits per heavy atom. The summed E-state index contributed by atoms with van der Waals surface area (Å²) in [5.41, 5.74) is -0.113. The molecule has 0 unspecified atom stereocenters. The van der Waals surface area contributed by atoms with Crippen molar-refractivity contribution in [3.8, 4) is 5.75 Å². The average molecular weight is 380 g/mol. The van der Waals surface area contributed by atoms with Gasteiger partial charge in [0.05, 0.1) is 25.2 Å². The second-order valence-electron chi connectivity index (χ2n) is 6.60. The Kier molecular flexibility index (Phi) is 4.92. The van der Waals surface area contributed by atoms with Crippen LogP contribution in [0.5, 0.6) is 5.75 Å². The predicted octanol–water partition coefficient (Wildman–Crippen LogP) is 2.83. The van der Waals surface area contributed by atoms with Crippen LogP contribution in [0.25, 0.3) is 11.0 Å². The molecule has 0 saturated carbocycles. The summed E-state index contributed by atoms with van der Waals surface area (Å²) in [5, 5.41) is 3.25. The van der Waals surface area contributed by atoms with Crippen molar-refractivity contribution in [1.82, 2.24) is 9.97 Å². The zero-order chi connectivity index (χ0) is 19.5. The SMILES string of the molecule is COc1cccc2cc(C(=O)Nc3cnc(N4CCCCC4)nc3)c(=O)oc12. The average Bonchev–Trinajstić information content (AvgIpc) is 2.74. The number of piperidine rings is 1. The zero-order valence-corrected chi connectivity index (χ0v) is 15.5. The number of benzene rings is 1. The Morgan fingerprint density at radius 2 is 1.93 bits per heavy atom.